The van der Waals surface area contributed by atoms with Gasteiger partial charge < -0.3 is 4.90 Å². The second kappa shape index (κ2) is 10.8. The maximum absolute atomic E-state index is 3.69. The minimum Gasteiger partial charge on any atom is -0.303 e. The van der Waals surface area contributed by atoms with Gasteiger partial charge in [-0.1, -0.05) is 66.3 Å². The highest BCUT2D eigenvalue weighted by molar-refractivity contribution is 5.38. The summed E-state index contributed by atoms with van der Waals surface area (Å²) in [7, 11) is 0. The largest absolute Gasteiger partial charge is 0.303 e. The minimum atomic E-state index is 1.01. The van der Waals surface area contributed by atoms with Crippen LogP contribution in [0.1, 0.15) is 31.7 Å². The Labute approximate surface area is 148 Å². The van der Waals surface area contributed by atoms with Gasteiger partial charge in [-0.25, -0.2) is 0 Å². The van der Waals surface area contributed by atoms with E-state index in [0.29, 0.717) is 0 Å². The molecule has 0 bridgehead atoms. The maximum atomic E-state index is 3.69. The lowest BCUT2D eigenvalue weighted by atomic mass is 10.0. The molecule has 1 radical (unpaired) electrons. The molecule has 24 heavy (non-hydrogen) atoms. The fraction of sp³-hybridized carbons (Fsp3) is 0.348. The monoisotopic (exact) mass is 320 g/mol. The van der Waals surface area contributed by atoms with Gasteiger partial charge in [0.05, 0.1) is 0 Å². The van der Waals surface area contributed by atoms with Crippen LogP contribution in [0.3, 0.4) is 0 Å². The highest BCUT2D eigenvalue weighted by Crippen LogP contribution is 2.14. The van der Waals surface area contributed by atoms with E-state index in [9.17, 15) is 0 Å². The van der Waals surface area contributed by atoms with Gasteiger partial charge in [0.15, 0.2) is 0 Å². The van der Waals surface area contributed by atoms with Crippen molar-refractivity contribution in [3.63, 3.8) is 0 Å². The van der Waals surface area contributed by atoms with Crippen molar-refractivity contribution in [1.82, 2.24) is 4.90 Å². The predicted molar refractivity (Wildman–Crippen MR) is 106 cm³/mol. The Morgan fingerprint density at radius 3 is 2.54 bits per heavy atom. The summed E-state index contributed by atoms with van der Waals surface area (Å²) in [4.78, 5) is 2.50. The third-order valence-electron chi connectivity index (χ3n) is 4.33. The number of nitrogens with zero attached hydrogens (tertiary/aromatic N) is 1. The number of benzene rings is 1. The molecule has 0 N–H and O–H groups in total. The van der Waals surface area contributed by atoms with Crippen molar-refractivity contribution in [3.05, 3.63) is 90.4 Å². The number of rotatable bonds is 5. The average molecular weight is 320 g/mol. The molecule has 0 unspecified atom stereocenters. The summed E-state index contributed by atoms with van der Waals surface area (Å²) in [5.41, 5.74) is 4.02. The first-order chi connectivity index (χ1) is 11.8. The van der Waals surface area contributed by atoms with Crippen molar-refractivity contribution in [2.45, 2.75) is 32.6 Å². The van der Waals surface area contributed by atoms with Gasteiger partial charge in [0.2, 0.25) is 0 Å². The molecular formula is C23H30N. The van der Waals surface area contributed by atoms with Gasteiger partial charge >= 0.3 is 0 Å². The van der Waals surface area contributed by atoms with E-state index in [1.807, 2.05) is 6.08 Å². The lowest BCUT2D eigenvalue weighted by molar-refractivity contribution is 0.346. The Hall–Kier alpha value is -1.86. The van der Waals surface area contributed by atoms with Gasteiger partial charge in [-0.05, 0) is 56.8 Å². The van der Waals surface area contributed by atoms with Gasteiger partial charge in [0, 0.05) is 13.0 Å². The maximum Gasteiger partial charge on any atom is 0.00835 e. The molecule has 0 spiro atoms. The molecule has 0 amide bonds. The summed E-state index contributed by atoms with van der Waals surface area (Å²) in [6.07, 6.45) is 17.8. The summed E-state index contributed by atoms with van der Waals surface area (Å²) in [5.74, 6) is 0. The smallest absolute Gasteiger partial charge is 0.00835 e. The molecule has 1 fully saturated rings. The molecule has 127 valence electrons. The lowest BCUT2D eigenvalue weighted by Crippen LogP contribution is -2.19. The summed E-state index contributed by atoms with van der Waals surface area (Å²) in [5, 5.41) is 0. The zero-order valence-corrected chi connectivity index (χ0v) is 15.0. The van der Waals surface area contributed by atoms with E-state index in [1.54, 1.807) is 0 Å². The second-order valence-electron chi connectivity index (χ2n) is 6.47. The molecule has 1 aliphatic heterocycles. The van der Waals surface area contributed by atoms with Crippen LogP contribution in [0.5, 0.6) is 0 Å². The Morgan fingerprint density at radius 1 is 1.08 bits per heavy atom. The van der Waals surface area contributed by atoms with E-state index in [2.05, 4.69) is 79.5 Å². The van der Waals surface area contributed by atoms with E-state index in [4.69, 9.17) is 0 Å². The average Bonchev–Trinajstić information content (AvgIpc) is 3.05. The molecule has 1 aromatic rings. The molecule has 2 aliphatic rings. The zero-order chi connectivity index (χ0) is 17.0. The Balaban J connectivity index is 0.000000198. The Bertz CT molecular complexity index is 571. The van der Waals surface area contributed by atoms with Crippen LogP contribution in [0.4, 0.5) is 0 Å². The van der Waals surface area contributed by atoms with Crippen LogP contribution in [0.2, 0.25) is 0 Å². The van der Waals surface area contributed by atoms with Gasteiger partial charge in [0.25, 0.3) is 0 Å². The summed E-state index contributed by atoms with van der Waals surface area (Å²) >= 11 is 0. The molecule has 0 aromatic heterocycles. The van der Waals surface area contributed by atoms with Crippen LogP contribution >= 0.6 is 0 Å². The van der Waals surface area contributed by atoms with Crippen molar-refractivity contribution in [2.75, 3.05) is 19.6 Å². The number of likely N-dealkylation sites (tertiary alicyclic amines) is 1. The number of hydrogen-bond donors (Lipinski definition) is 0. The number of hydrogen-bond acceptors (Lipinski definition) is 1. The van der Waals surface area contributed by atoms with Crippen molar-refractivity contribution >= 4 is 0 Å². The highest BCUT2D eigenvalue weighted by Gasteiger charge is 2.08. The molecule has 1 heterocycles. The zero-order valence-electron chi connectivity index (χ0n) is 15.0. The van der Waals surface area contributed by atoms with Crippen molar-refractivity contribution in [2.24, 2.45) is 0 Å². The fourth-order valence-corrected chi connectivity index (χ4v) is 2.90. The van der Waals surface area contributed by atoms with Crippen LogP contribution in [0.15, 0.2) is 78.4 Å². The molecule has 1 nitrogen and oxygen atoms in total. The number of allylic oxidation sites excluding steroid dienone is 6. The second-order valence-corrected chi connectivity index (χ2v) is 6.47. The normalized spacial score (nSPS) is 17.4. The molecule has 3 rings (SSSR count). The SMILES string of the molecule is C=CCCN1CCCC1.CC1=CC=CC(Cc2ccccc2)=C[CH]1. The summed E-state index contributed by atoms with van der Waals surface area (Å²) < 4.78 is 0. The first kappa shape index (κ1) is 18.5. The van der Waals surface area contributed by atoms with Gasteiger partial charge in [-0.15, -0.1) is 6.58 Å². The first-order valence-electron chi connectivity index (χ1n) is 9.04. The Morgan fingerprint density at radius 2 is 1.83 bits per heavy atom. The molecule has 0 saturated carbocycles. The van der Waals surface area contributed by atoms with Gasteiger partial charge in [-0.2, -0.15) is 0 Å². The molecular weight excluding hydrogens is 290 g/mol. The van der Waals surface area contributed by atoms with Crippen LogP contribution in [-0.4, -0.2) is 24.5 Å². The van der Waals surface area contributed by atoms with Crippen LogP contribution < -0.4 is 0 Å². The molecule has 1 saturated heterocycles. The van der Waals surface area contributed by atoms with E-state index in [0.717, 1.165) is 12.8 Å². The van der Waals surface area contributed by atoms with E-state index >= 15 is 0 Å². The topological polar surface area (TPSA) is 3.24 Å². The standard InChI is InChI=1S/C15H15.C8H15N/c1-13-6-5-9-15(11-10-13)12-14-7-3-2-4-8-14;1-2-3-6-9-7-4-5-8-9/h2-11H,12H2,1H3;2H,1,3-8H2. The lowest BCUT2D eigenvalue weighted by Gasteiger charge is -2.11. The molecule has 1 aliphatic carbocycles. The fourth-order valence-electron chi connectivity index (χ4n) is 2.90. The highest BCUT2D eigenvalue weighted by atomic mass is 15.1. The molecule has 1 aromatic carbocycles. The summed E-state index contributed by atoms with van der Waals surface area (Å²) in [6, 6.07) is 10.6. The van der Waals surface area contributed by atoms with Gasteiger partial charge in [0.1, 0.15) is 0 Å². The van der Waals surface area contributed by atoms with Crippen LogP contribution in [0.25, 0.3) is 0 Å². The van der Waals surface area contributed by atoms with Crippen molar-refractivity contribution in [1.29, 1.82) is 0 Å². The molecule has 0 atom stereocenters. The minimum absolute atomic E-state index is 1.01. The van der Waals surface area contributed by atoms with Gasteiger partial charge in [-0.3, -0.25) is 0 Å². The summed E-state index contributed by atoms with van der Waals surface area (Å²) in [6.45, 7) is 9.66. The third kappa shape index (κ3) is 7.14. The van der Waals surface area contributed by atoms with Crippen molar-refractivity contribution in [3.8, 4) is 0 Å². The molecule has 1 heteroatoms. The van der Waals surface area contributed by atoms with E-state index in [1.165, 1.54) is 49.2 Å². The predicted octanol–water partition coefficient (Wildman–Crippen LogP) is 5.53. The quantitative estimate of drug-likeness (QED) is 0.644. The van der Waals surface area contributed by atoms with Crippen LogP contribution in [-0.2, 0) is 6.42 Å². The van der Waals surface area contributed by atoms with Crippen LogP contribution in [0, 0.1) is 6.42 Å². The van der Waals surface area contributed by atoms with Crippen molar-refractivity contribution < 1.29 is 0 Å². The Kier molecular flexibility index (Phi) is 8.34. The van der Waals surface area contributed by atoms with E-state index < -0.39 is 0 Å². The van der Waals surface area contributed by atoms with E-state index in [-0.39, 0.29) is 0 Å². The first-order valence-corrected chi connectivity index (χ1v) is 9.04. The third-order valence-corrected chi connectivity index (χ3v) is 4.33.